The van der Waals surface area contributed by atoms with Crippen molar-refractivity contribution in [2.24, 2.45) is 0 Å². The van der Waals surface area contributed by atoms with Crippen LogP contribution >= 0.6 is 11.6 Å². The van der Waals surface area contributed by atoms with Gasteiger partial charge in [0.25, 0.3) is 10.9 Å². The molecule has 33 heavy (non-hydrogen) atoms. The molecule has 5 rings (SSSR count). The first kappa shape index (κ1) is 21.3. The molecular weight excluding hydrogens is 447 g/mol. The Kier molecular flexibility index (Phi) is 5.43. The molecule has 0 saturated carbocycles. The third kappa shape index (κ3) is 3.79. The summed E-state index contributed by atoms with van der Waals surface area (Å²) in [5.74, 6) is -0.204. The van der Waals surface area contributed by atoms with Crippen molar-refractivity contribution in [1.29, 1.82) is 0 Å². The van der Waals surface area contributed by atoms with Crippen molar-refractivity contribution in [2.45, 2.75) is 13.0 Å². The summed E-state index contributed by atoms with van der Waals surface area (Å²) in [6, 6.07) is 10.0. The number of nitrogens with one attached hydrogen (secondary N) is 3. The maximum Gasteiger partial charge on any atom is 0.253 e. The molecule has 3 N–H and O–H groups in total. The van der Waals surface area contributed by atoms with E-state index in [1.54, 1.807) is 30.3 Å². The molecule has 0 unspecified atom stereocenters. The van der Waals surface area contributed by atoms with Gasteiger partial charge in [-0.15, -0.1) is 0 Å². The van der Waals surface area contributed by atoms with E-state index in [0.717, 1.165) is 13.1 Å². The van der Waals surface area contributed by atoms with Crippen molar-refractivity contribution in [1.82, 2.24) is 15.3 Å². The highest BCUT2D eigenvalue weighted by Crippen LogP contribution is 2.31. The predicted molar refractivity (Wildman–Crippen MR) is 129 cm³/mol. The Morgan fingerprint density at radius 3 is 2.82 bits per heavy atom. The van der Waals surface area contributed by atoms with Crippen molar-refractivity contribution >= 4 is 51.1 Å². The van der Waals surface area contributed by atoms with Crippen LogP contribution in [0.5, 0.6) is 0 Å². The van der Waals surface area contributed by atoms with Gasteiger partial charge < -0.3 is 20.9 Å². The maximum absolute atomic E-state index is 14.4. The smallest absolute Gasteiger partial charge is 0.253 e. The molecular formula is C23H20ClFN6O2. The Bertz CT molecular complexity index is 1430. The van der Waals surface area contributed by atoms with Gasteiger partial charge in [0.2, 0.25) is 0 Å². The zero-order chi connectivity index (χ0) is 23.1. The average molecular weight is 467 g/mol. The molecule has 168 valence electrons. The van der Waals surface area contributed by atoms with Gasteiger partial charge in [-0.2, -0.15) is 0 Å². The first-order chi connectivity index (χ1) is 15.9. The van der Waals surface area contributed by atoms with E-state index >= 15 is 0 Å². The molecule has 0 radical (unpaired) electrons. The van der Waals surface area contributed by atoms with E-state index in [0.29, 0.717) is 34.6 Å². The summed E-state index contributed by atoms with van der Waals surface area (Å²) in [6.45, 7) is 4.13. The second kappa shape index (κ2) is 8.42. The van der Waals surface area contributed by atoms with Gasteiger partial charge in [0, 0.05) is 36.7 Å². The molecule has 1 aliphatic heterocycles. The minimum absolute atomic E-state index is 0.00418. The minimum atomic E-state index is -0.585. The normalized spacial score (nSPS) is 16.3. The Balaban J connectivity index is 1.49. The minimum Gasteiger partial charge on any atom is -0.361 e. The molecule has 1 aliphatic rings. The number of nitrogens with zero attached hydrogens (tertiary/aromatic N) is 3. The van der Waals surface area contributed by atoms with Crippen LogP contribution in [-0.2, 0) is 0 Å². The molecule has 0 amide bonds. The molecule has 0 spiro atoms. The van der Waals surface area contributed by atoms with Crippen molar-refractivity contribution < 1.29 is 4.39 Å². The molecule has 2 heterocycles. The first-order valence-corrected chi connectivity index (χ1v) is 10.9. The number of aromatic nitrogens is 2. The molecule has 3 aromatic carbocycles. The number of halogens is 2. The number of hydrogen-bond donors (Lipinski definition) is 3. The van der Waals surface area contributed by atoms with Gasteiger partial charge in [-0.05, 0) is 37.3 Å². The van der Waals surface area contributed by atoms with Crippen LogP contribution in [0, 0.1) is 5.82 Å². The van der Waals surface area contributed by atoms with Gasteiger partial charge in [-0.1, -0.05) is 17.7 Å². The summed E-state index contributed by atoms with van der Waals surface area (Å²) in [5, 5.41) is 9.94. The fourth-order valence-electron chi connectivity index (χ4n) is 4.05. The number of hydrogen-bond acceptors (Lipinski definition) is 8. The van der Waals surface area contributed by atoms with Crippen LogP contribution < -0.4 is 31.7 Å². The molecule has 1 atom stereocenters. The number of piperazine rings is 1. The lowest BCUT2D eigenvalue weighted by Gasteiger charge is -2.37. The van der Waals surface area contributed by atoms with E-state index in [1.165, 1.54) is 12.4 Å². The summed E-state index contributed by atoms with van der Waals surface area (Å²) < 4.78 is 14.4. The molecule has 8 nitrogen and oxygen atoms in total. The third-order valence-electron chi connectivity index (χ3n) is 5.78. The van der Waals surface area contributed by atoms with E-state index in [1.807, 2.05) is 11.8 Å². The highest BCUT2D eigenvalue weighted by Gasteiger charge is 2.30. The van der Waals surface area contributed by atoms with Crippen LogP contribution in [-0.4, -0.2) is 35.6 Å². The number of rotatable bonds is 5. The summed E-state index contributed by atoms with van der Waals surface area (Å²) in [6.07, 6.45) is 1.38. The lowest BCUT2D eigenvalue weighted by Crippen LogP contribution is -2.54. The van der Waals surface area contributed by atoms with Crippen LogP contribution in [0.1, 0.15) is 6.92 Å². The Morgan fingerprint density at radius 2 is 2.00 bits per heavy atom. The fourth-order valence-corrected chi connectivity index (χ4v) is 4.22. The zero-order valence-corrected chi connectivity index (χ0v) is 18.4. The van der Waals surface area contributed by atoms with Crippen molar-refractivity contribution in [2.75, 3.05) is 35.2 Å². The molecule has 4 aromatic rings. The first-order valence-electron chi connectivity index (χ1n) is 10.5. The Labute approximate surface area is 193 Å². The van der Waals surface area contributed by atoms with Crippen molar-refractivity contribution in [3.05, 3.63) is 74.0 Å². The topological polar surface area (TPSA) is 99.2 Å². The Morgan fingerprint density at radius 1 is 1.15 bits per heavy atom. The predicted octanol–water partition coefficient (Wildman–Crippen LogP) is 3.30. The van der Waals surface area contributed by atoms with E-state index in [-0.39, 0.29) is 22.4 Å². The molecule has 0 bridgehead atoms. The van der Waals surface area contributed by atoms with E-state index < -0.39 is 16.7 Å². The van der Waals surface area contributed by atoms with Crippen LogP contribution in [0.3, 0.4) is 0 Å². The van der Waals surface area contributed by atoms with Crippen molar-refractivity contribution in [3.8, 4) is 0 Å². The SMILES string of the molecule is C[C@@H]1CNCCN1c1c(Nc2ccc3ncnc(Nc4cccc(Cl)c4F)c3c2)c(=O)c1=O. The highest BCUT2D eigenvalue weighted by molar-refractivity contribution is 6.31. The van der Waals surface area contributed by atoms with Gasteiger partial charge in [0.15, 0.2) is 5.82 Å². The number of fused-ring (bicyclic) bond motifs is 1. The standard InChI is InChI=1S/C23H20ClFN6O2/c1-12-10-26-7-8-31(12)20-19(21(32)22(20)33)29-13-5-6-16-14(9-13)23(28-11-27-16)30-17-4-2-3-15(24)18(17)25/h2-6,9,11-12,26,29H,7-8,10H2,1H3,(H,27,28,30)/t12-/m1/s1. The molecule has 1 saturated heterocycles. The number of benzene rings is 2. The largest absolute Gasteiger partial charge is 0.361 e. The molecule has 10 heteroatoms. The summed E-state index contributed by atoms with van der Waals surface area (Å²) >= 11 is 5.89. The quantitative estimate of drug-likeness (QED) is 0.385. The van der Waals surface area contributed by atoms with E-state index in [9.17, 15) is 14.0 Å². The molecule has 0 aliphatic carbocycles. The fraction of sp³-hybridized carbons (Fsp3) is 0.217. The average Bonchev–Trinajstić information content (AvgIpc) is 2.83. The van der Waals surface area contributed by atoms with E-state index in [4.69, 9.17) is 11.6 Å². The lowest BCUT2D eigenvalue weighted by molar-refractivity contribution is 0.499. The van der Waals surface area contributed by atoms with E-state index in [2.05, 4.69) is 25.9 Å². The van der Waals surface area contributed by atoms with Gasteiger partial charge in [-0.3, -0.25) is 9.59 Å². The van der Waals surface area contributed by atoms with Gasteiger partial charge in [-0.25, -0.2) is 14.4 Å². The van der Waals surface area contributed by atoms with Gasteiger partial charge in [0.05, 0.1) is 16.2 Å². The van der Waals surface area contributed by atoms with Crippen LogP contribution in [0.15, 0.2) is 52.3 Å². The van der Waals surface area contributed by atoms with Gasteiger partial charge >= 0.3 is 0 Å². The molecule has 1 fully saturated rings. The summed E-state index contributed by atoms with van der Waals surface area (Å²) in [7, 11) is 0. The van der Waals surface area contributed by atoms with Crippen LogP contribution in [0.2, 0.25) is 5.02 Å². The van der Waals surface area contributed by atoms with Crippen LogP contribution in [0.25, 0.3) is 10.9 Å². The summed E-state index contributed by atoms with van der Waals surface area (Å²) in [4.78, 5) is 35.2. The molecule has 1 aromatic heterocycles. The Hall–Kier alpha value is -3.56. The lowest BCUT2D eigenvalue weighted by atomic mass is 10.1. The maximum atomic E-state index is 14.4. The summed E-state index contributed by atoms with van der Waals surface area (Å²) in [5.41, 5.74) is 1.06. The van der Waals surface area contributed by atoms with Crippen LogP contribution in [0.4, 0.5) is 33.0 Å². The highest BCUT2D eigenvalue weighted by atomic mass is 35.5. The van der Waals surface area contributed by atoms with Gasteiger partial charge in [0.1, 0.15) is 23.5 Å². The zero-order valence-electron chi connectivity index (χ0n) is 17.7. The van der Waals surface area contributed by atoms with Crippen molar-refractivity contribution in [3.63, 3.8) is 0 Å². The second-order valence-corrected chi connectivity index (χ2v) is 8.34. The number of anilines is 5. The third-order valence-corrected chi connectivity index (χ3v) is 6.07. The monoisotopic (exact) mass is 466 g/mol. The second-order valence-electron chi connectivity index (χ2n) is 7.93.